The Labute approximate surface area is 137 Å². The third-order valence-corrected chi connectivity index (χ3v) is 4.81. The molecule has 0 bridgehead atoms. The van der Waals surface area contributed by atoms with Gasteiger partial charge in [0.1, 0.15) is 0 Å². The van der Waals surface area contributed by atoms with Crippen molar-refractivity contribution < 1.29 is 8.42 Å². The zero-order valence-electron chi connectivity index (χ0n) is 10.4. The first-order chi connectivity index (χ1) is 9.90. The number of rotatable bonds is 4. The van der Waals surface area contributed by atoms with Crippen molar-refractivity contribution in [3.05, 3.63) is 63.1 Å². The summed E-state index contributed by atoms with van der Waals surface area (Å²) in [5, 5.41) is 4.78. The highest BCUT2D eigenvalue weighted by Gasteiger charge is 2.12. The van der Waals surface area contributed by atoms with Crippen LogP contribution < -0.4 is 4.83 Å². The Morgan fingerprint density at radius 2 is 1.67 bits per heavy atom. The highest BCUT2D eigenvalue weighted by molar-refractivity contribution is 7.89. The van der Waals surface area contributed by atoms with Gasteiger partial charge in [-0.3, -0.25) is 0 Å². The van der Waals surface area contributed by atoms with Crippen LogP contribution in [0.1, 0.15) is 5.56 Å². The average molecular weight is 364 g/mol. The largest absolute Gasteiger partial charge is 0.276 e. The van der Waals surface area contributed by atoms with Gasteiger partial charge in [-0.05, 0) is 30.3 Å². The first-order valence-electron chi connectivity index (χ1n) is 5.64. The molecular weight excluding hydrogens is 355 g/mol. The Kier molecular flexibility index (Phi) is 5.11. The second-order valence-electron chi connectivity index (χ2n) is 3.95. The van der Waals surface area contributed by atoms with E-state index in [2.05, 4.69) is 9.93 Å². The molecule has 0 aromatic heterocycles. The molecule has 0 fully saturated rings. The van der Waals surface area contributed by atoms with E-state index < -0.39 is 10.0 Å². The standard InChI is InChI=1S/C13H9Cl3N2O2S/c14-10-4-6-11(7-5-10)21(19,20)18-17-8-9-2-1-3-12(15)13(9)16/h1-8,18H/b17-8-. The van der Waals surface area contributed by atoms with Gasteiger partial charge in [0, 0.05) is 10.6 Å². The Morgan fingerprint density at radius 3 is 2.33 bits per heavy atom. The Balaban J connectivity index is 2.16. The van der Waals surface area contributed by atoms with Crippen molar-refractivity contribution in [1.82, 2.24) is 4.83 Å². The molecular formula is C13H9Cl3N2O2S. The number of hydrazone groups is 1. The van der Waals surface area contributed by atoms with Gasteiger partial charge in [0.2, 0.25) is 0 Å². The van der Waals surface area contributed by atoms with E-state index in [1.165, 1.54) is 30.5 Å². The molecule has 8 heteroatoms. The topological polar surface area (TPSA) is 58.5 Å². The molecule has 110 valence electrons. The molecule has 1 N–H and O–H groups in total. The fourth-order valence-electron chi connectivity index (χ4n) is 1.45. The Morgan fingerprint density at radius 1 is 1.00 bits per heavy atom. The van der Waals surface area contributed by atoms with Crippen LogP contribution in [0.4, 0.5) is 0 Å². The molecule has 2 rings (SSSR count). The molecule has 0 heterocycles. The summed E-state index contributed by atoms with van der Waals surface area (Å²) in [6, 6.07) is 10.7. The minimum Gasteiger partial charge on any atom is -0.200 e. The van der Waals surface area contributed by atoms with Crippen LogP contribution in [0.2, 0.25) is 15.1 Å². The lowest BCUT2D eigenvalue weighted by Crippen LogP contribution is -2.18. The molecule has 0 unspecified atom stereocenters. The lowest BCUT2D eigenvalue weighted by atomic mass is 10.2. The number of hydrogen-bond acceptors (Lipinski definition) is 3. The van der Waals surface area contributed by atoms with E-state index >= 15 is 0 Å². The summed E-state index contributed by atoms with van der Waals surface area (Å²) in [7, 11) is -3.75. The van der Waals surface area contributed by atoms with Crippen LogP contribution in [0, 0.1) is 0 Å². The SMILES string of the molecule is O=S(=O)(N/N=C\c1cccc(Cl)c1Cl)c1ccc(Cl)cc1. The fourth-order valence-corrected chi connectivity index (χ4v) is 2.73. The number of halogens is 3. The third-order valence-electron chi connectivity index (χ3n) is 2.48. The molecule has 21 heavy (non-hydrogen) atoms. The van der Waals surface area contributed by atoms with E-state index in [0.29, 0.717) is 20.6 Å². The van der Waals surface area contributed by atoms with Gasteiger partial charge in [-0.25, -0.2) is 4.83 Å². The van der Waals surface area contributed by atoms with Gasteiger partial charge in [0.15, 0.2) is 0 Å². The second kappa shape index (κ2) is 6.66. The van der Waals surface area contributed by atoms with Crippen molar-refractivity contribution in [1.29, 1.82) is 0 Å². The van der Waals surface area contributed by atoms with Crippen LogP contribution in [0.5, 0.6) is 0 Å². The second-order valence-corrected chi connectivity index (χ2v) is 6.83. The molecule has 2 aromatic carbocycles. The predicted octanol–water partition coefficient (Wildman–Crippen LogP) is 3.96. The van der Waals surface area contributed by atoms with Crippen molar-refractivity contribution in [2.75, 3.05) is 0 Å². The number of benzene rings is 2. The van der Waals surface area contributed by atoms with Crippen molar-refractivity contribution in [3.8, 4) is 0 Å². The summed E-state index contributed by atoms with van der Waals surface area (Å²) in [5.41, 5.74) is 0.503. The Bertz CT molecular complexity index is 775. The van der Waals surface area contributed by atoms with Gasteiger partial charge in [-0.15, -0.1) is 0 Å². The van der Waals surface area contributed by atoms with Gasteiger partial charge < -0.3 is 0 Å². The fraction of sp³-hybridized carbons (Fsp3) is 0. The molecule has 0 spiro atoms. The van der Waals surface area contributed by atoms with E-state index in [1.807, 2.05) is 0 Å². The van der Waals surface area contributed by atoms with Gasteiger partial charge in [0.25, 0.3) is 10.0 Å². The van der Waals surface area contributed by atoms with Crippen molar-refractivity contribution >= 4 is 51.0 Å². The van der Waals surface area contributed by atoms with Crippen molar-refractivity contribution in [2.24, 2.45) is 5.10 Å². The van der Waals surface area contributed by atoms with Gasteiger partial charge in [-0.2, -0.15) is 13.5 Å². The highest BCUT2D eigenvalue weighted by atomic mass is 35.5. The van der Waals surface area contributed by atoms with Crippen LogP contribution in [0.15, 0.2) is 52.5 Å². The molecule has 0 saturated heterocycles. The maximum atomic E-state index is 12.0. The summed E-state index contributed by atoms with van der Waals surface area (Å²) in [4.78, 5) is 2.14. The van der Waals surface area contributed by atoms with Crippen molar-refractivity contribution in [2.45, 2.75) is 4.90 Å². The number of hydrogen-bond donors (Lipinski definition) is 1. The molecule has 0 amide bonds. The lowest BCUT2D eigenvalue weighted by molar-refractivity contribution is 0.584. The first-order valence-corrected chi connectivity index (χ1v) is 8.26. The monoisotopic (exact) mass is 362 g/mol. The van der Waals surface area contributed by atoms with E-state index in [4.69, 9.17) is 34.8 Å². The zero-order valence-corrected chi connectivity index (χ0v) is 13.5. The minimum absolute atomic E-state index is 0.0567. The Hall–Kier alpha value is -1.27. The van der Waals surface area contributed by atoms with Crippen LogP contribution in [-0.2, 0) is 10.0 Å². The van der Waals surface area contributed by atoms with Gasteiger partial charge in [-0.1, -0.05) is 46.9 Å². The maximum Gasteiger partial charge on any atom is 0.276 e. The summed E-state index contributed by atoms with van der Waals surface area (Å²) >= 11 is 17.5. The predicted molar refractivity (Wildman–Crippen MR) is 85.8 cm³/mol. The van der Waals surface area contributed by atoms with E-state index in [-0.39, 0.29) is 4.90 Å². The molecule has 0 atom stereocenters. The summed E-state index contributed by atoms with van der Waals surface area (Å²) in [6.45, 7) is 0. The molecule has 0 saturated carbocycles. The van der Waals surface area contributed by atoms with E-state index in [9.17, 15) is 8.42 Å². The summed E-state index contributed by atoms with van der Waals surface area (Å²) in [5.74, 6) is 0. The van der Waals surface area contributed by atoms with Crippen LogP contribution in [0.3, 0.4) is 0 Å². The van der Waals surface area contributed by atoms with Gasteiger partial charge in [0.05, 0.1) is 21.2 Å². The molecule has 4 nitrogen and oxygen atoms in total. The first kappa shape index (κ1) is 16.1. The minimum atomic E-state index is -3.75. The molecule has 2 aromatic rings. The molecule has 0 aliphatic rings. The molecule has 0 radical (unpaired) electrons. The number of sulfonamides is 1. The van der Waals surface area contributed by atoms with Crippen LogP contribution in [-0.4, -0.2) is 14.6 Å². The van der Waals surface area contributed by atoms with E-state index in [1.54, 1.807) is 18.2 Å². The lowest BCUT2D eigenvalue weighted by Gasteiger charge is -2.03. The van der Waals surface area contributed by atoms with E-state index in [0.717, 1.165) is 0 Å². The number of nitrogens with zero attached hydrogens (tertiary/aromatic N) is 1. The summed E-state index contributed by atoms with van der Waals surface area (Å²) < 4.78 is 23.9. The zero-order chi connectivity index (χ0) is 15.5. The molecule has 0 aliphatic heterocycles. The normalized spacial score (nSPS) is 11.8. The smallest absolute Gasteiger partial charge is 0.200 e. The van der Waals surface area contributed by atoms with Crippen LogP contribution in [0.25, 0.3) is 0 Å². The number of nitrogens with one attached hydrogen (secondary N) is 1. The average Bonchev–Trinajstić information content (AvgIpc) is 2.44. The third kappa shape index (κ3) is 4.11. The molecule has 0 aliphatic carbocycles. The van der Waals surface area contributed by atoms with Crippen LogP contribution >= 0.6 is 34.8 Å². The van der Waals surface area contributed by atoms with Gasteiger partial charge >= 0.3 is 0 Å². The highest BCUT2D eigenvalue weighted by Crippen LogP contribution is 2.24. The quantitative estimate of drug-likeness (QED) is 0.660. The maximum absolute atomic E-state index is 12.0. The van der Waals surface area contributed by atoms with Crippen molar-refractivity contribution in [3.63, 3.8) is 0 Å². The summed E-state index contributed by atoms with van der Waals surface area (Å²) in [6.07, 6.45) is 1.28.